The lowest BCUT2D eigenvalue weighted by molar-refractivity contribution is 0.104. The van der Waals surface area contributed by atoms with Gasteiger partial charge < -0.3 is 14.4 Å². The van der Waals surface area contributed by atoms with Crippen molar-refractivity contribution in [2.75, 3.05) is 19.1 Å². The standard InChI is InChI=1S/C28H27NO3Si/c1-15-26-24(20-12-11-16-9-7-8-10-19(16)29(20)26)23-17-13-21(31-2)22(32-3)14-18(17)27(30)25(23)28(15)33(4,5)6/h7-14,20H,1-6H3. The molecule has 2 heterocycles. The maximum atomic E-state index is 13.9. The van der Waals surface area contributed by atoms with Gasteiger partial charge in [0.1, 0.15) is 0 Å². The van der Waals surface area contributed by atoms with Crippen molar-refractivity contribution in [1.82, 2.24) is 0 Å². The second-order valence-corrected chi connectivity index (χ2v) is 15.1. The van der Waals surface area contributed by atoms with Crippen LogP contribution in [0.15, 0.2) is 42.5 Å². The van der Waals surface area contributed by atoms with Gasteiger partial charge in [0.2, 0.25) is 0 Å². The first-order valence-corrected chi connectivity index (χ1v) is 14.9. The minimum absolute atomic E-state index is 0.114. The number of para-hydroxylation sites is 1. The Labute approximate surface area is 195 Å². The quantitative estimate of drug-likeness (QED) is 0.357. The molecule has 2 aliphatic heterocycles. The number of ketones is 1. The van der Waals surface area contributed by atoms with E-state index < -0.39 is 8.07 Å². The third kappa shape index (κ3) is 2.48. The van der Waals surface area contributed by atoms with Crippen LogP contribution in [0.5, 0.6) is 11.5 Å². The van der Waals surface area contributed by atoms with Gasteiger partial charge in [-0.1, -0.05) is 50.0 Å². The summed E-state index contributed by atoms with van der Waals surface area (Å²) in [6.45, 7) is 9.21. The summed E-state index contributed by atoms with van der Waals surface area (Å²) < 4.78 is 11.2. The molecule has 0 spiro atoms. The SMILES string of the molecule is COc1cc2c(cc1OC)-c1c(c([Si](C)(C)C)c(C)c3c1C1C=Cc4ccccc4N31)C2=O. The molecule has 0 fully saturated rings. The number of fused-ring (bicyclic) bond motifs is 10. The molecule has 3 aliphatic rings. The van der Waals surface area contributed by atoms with E-state index in [4.69, 9.17) is 9.47 Å². The number of rotatable bonds is 3. The molecule has 0 aromatic heterocycles. The summed E-state index contributed by atoms with van der Waals surface area (Å²) in [6, 6.07) is 12.5. The normalized spacial score (nSPS) is 17.0. The van der Waals surface area contributed by atoms with Crippen molar-refractivity contribution in [3.8, 4) is 22.6 Å². The second kappa shape index (κ2) is 6.61. The molecule has 4 nitrogen and oxygen atoms in total. The molecule has 0 saturated carbocycles. The molecule has 1 atom stereocenters. The van der Waals surface area contributed by atoms with Crippen molar-refractivity contribution in [3.05, 3.63) is 70.3 Å². The largest absolute Gasteiger partial charge is 0.493 e. The molecular weight excluding hydrogens is 426 g/mol. The summed E-state index contributed by atoms with van der Waals surface area (Å²) in [5, 5.41) is 1.26. The molecular formula is C28H27NO3Si. The molecule has 5 heteroatoms. The Morgan fingerprint density at radius 1 is 0.939 bits per heavy atom. The number of hydrogen-bond acceptors (Lipinski definition) is 4. The van der Waals surface area contributed by atoms with Gasteiger partial charge >= 0.3 is 0 Å². The number of methoxy groups -OCH3 is 2. The van der Waals surface area contributed by atoms with E-state index in [9.17, 15) is 4.79 Å². The second-order valence-electron chi connectivity index (χ2n) is 10.1. The van der Waals surface area contributed by atoms with E-state index in [2.05, 4.69) is 67.9 Å². The van der Waals surface area contributed by atoms with Crippen LogP contribution in [0.1, 0.15) is 38.7 Å². The van der Waals surface area contributed by atoms with Gasteiger partial charge in [-0.3, -0.25) is 4.79 Å². The number of carbonyl (C=O) groups excluding carboxylic acids is 1. The fraction of sp³-hybridized carbons (Fsp3) is 0.250. The smallest absolute Gasteiger partial charge is 0.194 e. The lowest BCUT2D eigenvalue weighted by atomic mass is 9.80. The van der Waals surface area contributed by atoms with E-state index in [-0.39, 0.29) is 11.8 Å². The molecule has 0 amide bonds. The van der Waals surface area contributed by atoms with E-state index in [1.165, 1.54) is 33.3 Å². The third-order valence-corrected chi connectivity index (χ3v) is 9.36. The Morgan fingerprint density at radius 3 is 2.27 bits per heavy atom. The van der Waals surface area contributed by atoms with Crippen LogP contribution in [0, 0.1) is 6.92 Å². The topological polar surface area (TPSA) is 38.8 Å². The number of benzene rings is 3. The summed E-state index contributed by atoms with van der Waals surface area (Å²) >= 11 is 0. The molecule has 3 aromatic carbocycles. The van der Waals surface area contributed by atoms with Gasteiger partial charge in [-0.05, 0) is 47.0 Å². The zero-order chi connectivity index (χ0) is 23.2. The summed E-state index contributed by atoms with van der Waals surface area (Å²) in [4.78, 5) is 16.4. The van der Waals surface area contributed by atoms with Gasteiger partial charge in [0.25, 0.3) is 0 Å². The predicted octanol–water partition coefficient (Wildman–Crippen LogP) is 5.99. The first-order chi connectivity index (χ1) is 15.8. The van der Waals surface area contributed by atoms with E-state index >= 15 is 0 Å². The van der Waals surface area contributed by atoms with Crippen molar-refractivity contribution < 1.29 is 14.3 Å². The lowest BCUT2D eigenvalue weighted by Gasteiger charge is -2.49. The van der Waals surface area contributed by atoms with Gasteiger partial charge in [-0.15, -0.1) is 0 Å². The molecule has 0 saturated heterocycles. The summed E-state index contributed by atoms with van der Waals surface area (Å²) in [5.41, 5.74) is 9.93. The number of anilines is 2. The first-order valence-electron chi connectivity index (χ1n) is 11.4. The Kier molecular flexibility index (Phi) is 4.07. The van der Waals surface area contributed by atoms with Crippen LogP contribution in [0.25, 0.3) is 17.2 Å². The molecule has 166 valence electrons. The molecule has 6 rings (SSSR count). The number of carbonyl (C=O) groups is 1. The predicted molar refractivity (Wildman–Crippen MR) is 136 cm³/mol. The van der Waals surface area contributed by atoms with Crippen LogP contribution in [0.3, 0.4) is 0 Å². The van der Waals surface area contributed by atoms with Crippen LogP contribution in [0.4, 0.5) is 11.4 Å². The van der Waals surface area contributed by atoms with Crippen molar-refractivity contribution in [1.29, 1.82) is 0 Å². The van der Waals surface area contributed by atoms with E-state index in [1.807, 2.05) is 12.1 Å². The molecule has 33 heavy (non-hydrogen) atoms. The van der Waals surface area contributed by atoms with Crippen LogP contribution < -0.4 is 19.6 Å². The van der Waals surface area contributed by atoms with Gasteiger partial charge in [0.05, 0.1) is 34.0 Å². The Bertz CT molecular complexity index is 1410. The molecule has 0 bridgehead atoms. The monoisotopic (exact) mass is 453 g/mol. The number of nitrogens with zero attached hydrogens (tertiary/aromatic N) is 1. The van der Waals surface area contributed by atoms with E-state index in [1.54, 1.807) is 14.2 Å². The lowest BCUT2D eigenvalue weighted by Crippen LogP contribution is -2.47. The van der Waals surface area contributed by atoms with Crippen molar-refractivity contribution in [3.63, 3.8) is 0 Å². The average Bonchev–Trinajstić information content (AvgIpc) is 3.03. The number of hydrogen-bond donors (Lipinski definition) is 0. The van der Waals surface area contributed by atoms with Gasteiger partial charge in [-0.2, -0.15) is 0 Å². The maximum absolute atomic E-state index is 13.9. The zero-order valence-corrected chi connectivity index (χ0v) is 20.9. The van der Waals surface area contributed by atoms with Crippen molar-refractivity contribution in [2.45, 2.75) is 32.6 Å². The minimum atomic E-state index is -1.86. The van der Waals surface area contributed by atoms with Crippen molar-refractivity contribution >= 4 is 36.5 Å². The average molecular weight is 454 g/mol. The van der Waals surface area contributed by atoms with Crippen molar-refractivity contribution in [2.24, 2.45) is 0 Å². The summed E-state index contributed by atoms with van der Waals surface area (Å²) in [7, 11) is 1.40. The molecule has 0 radical (unpaired) electrons. The van der Waals surface area contributed by atoms with E-state index in [0.717, 1.165) is 16.7 Å². The van der Waals surface area contributed by atoms with Crippen LogP contribution in [-0.4, -0.2) is 28.1 Å². The molecule has 1 unspecified atom stereocenters. The first kappa shape index (κ1) is 20.3. The highest BCUT2D eigenvalue weighted by molar-refractivity contribution is 6.90. The fourth-order valence-corrected chi connectivity index (χ4v) is 8.27. The summed E-state index contributed by atoms with van der Waals surface area (Å²) in [6.07, 6.45) is 4.47. The Morgan fingerprint density at radius 2 is 1.61 bits per heavy atom. The van der Waals surface area contributed by atoms with Crippen LogP contribution in [-0.2, 0) is 0 Å². The molecule has 0 N–H and O–H groups in total. The van der Waals surface area contributed by atoms with Gasteiger partial charge in [0.15, 0.2) is 17.3 Å². The minimum Gasteiger partial charge on any atom is -0.493 e. The highest BCUT2D eigenvalue weighted by atomic mass is 28.3. The van der Waals surface area contributed by atoms with Crippen LogP contribution >= 0.6 is 0 Å². The number of ether oxygens (including phenoxy) is 2. The zero-order valence-electron chi connectivity index (χ0n) is 19.9. The Balaban J connectivity index is 1.72. The Hall–Kier alpha value is -3.31. The van der Waals surface area contributed by atoms with Crippen LogP contribution in [0.2, 0.25) is 19.6 Å². The molecule has 1 aliphatic carbocycles. The van der Waals surface area contributed by atoms with Gasteiger partial charge in [0, 0.05) is 27.9 Å². The highest BCUT2D eigenvalue weighted by Crippen LogP contribution is 2.60. The van der Waals surface area contributed by atoms with Gasteiger partial charge in [-0.25, -0.2) is 0 Å². The molecule has 3 aromatic rings. The maximum Gasteiger partial charge on any atom is 0.194 e. The fourth-order valence-electron chi connectivity index (χ4n) is 6.03. The van der Waals surface area contributed by atoms with E-state index in [0.29, 0.717) is 17.1 Å². The summed E-state index contributed by atoms with van der Waals surface area (Å²) in [5.74, 6) is 1.36. The third-order valence-electron chi connectivity index (χ3n) is 7.24. The highest BCUT2D eigenvalue weighted by Gasteiger charge is 2.47.